The van der Waals surface area contributed by atoms with Crippen molar-refractivity contribution in [2.24, 2.45) is 0 Å². The summed E-state index contributed by atoms with van der Waals surface area (Å²) in [6.45, 7) is 0. The Bertz CT molecular complexity index is 1500. The maximum atomic E-state index is 13.6. The van der Waals surface area contributed by atoms with Crippen LogP contribution < -0.4 is 20.3 Å². The summed E-state index contributed by atoms with van der Waals surface area (Å²) in [7, 11) is 1.52. The van der Waals surface area contributed by atoms with Crippen molar-refractivity contribution in [3.8, 4) is 29.3 Å². The molecule has 38 heavy (non-hydrogen) atoms. The number of aromatic nitrogens is 2. The topological polar surface area (TPSA) is 119 Å². The van der Waals surface area contributed by atoms with Gasteiger partial charge in [0.05, 0.1) is 17.6 Å². The van der Waals surface area contributed by atoms with E-state index in [0.29, 0.717) is 52.5 Å². The molecule has 0 radical (unpaired) electrons. The summed E-state index contributed by atoms with van der Waals surface area (Å²) in [5.41, 5.74) is 2.77. The van der Waals surface area contributed by atoms with Gasteiger partial charge < -0.3 is 19.2 Å². The Kier molecular flexibility index (Phi) is 8.98. The van der Waals surface area contributed by atoms with Crippen LogP contribution in [0.1, 0.15) is 37.9 Å². The van der Waals surface area contributed by atoms with Crippen LogP contribution in [0, 0.1) is 17.7 Å². The van der Waals surface area contributed by atoms with E-state index in [4.69, 9.17) is 30.7 Å². The molecule has 11 heteroatoms. The molecule has 0 unspecified atom stereocenters. The molecule has 4 aromatic rings. The maximum Gasteiger partial charge on any atom is 0.291 e. The molecule has 196 valence electrons. The number of nitrogens with zero attached hydrogens (tertiary/aromatic N) is 2. The highest BCUT2D eigenvalue weighted by Gasteiger charge is 2.14. The van der Waals surface area contributed by atoms with E-state index in [0.717, 1.165) is 12.8 Å². The van der Waals surface area contributed by atoms with Gasteiger partial charge in [0, 0.05) is 36.0 Å². The molecule has 2 heterocycles. The number of fused-ring (bicyclic) bond motifs is 1. The van der Waals surface area contributed by atoms with E-state index >= 15 is 0 Å². The molecule has 2 aromatic carbocycles. The van der Waals surface area contributed by atoms with Crippen LogP contribution in [0.25, 0.3) is 10.9 Å². The average molecular weight is 539 g/mol. The zero-order valence-corrected chi connectivity index (χ0v) is 21.1. The number of hydrogen-bond donors (Lipinski definition) is 3. The smallest absolute Gasteiger partial charge is 0.291 e. The lowest BCUT2D eigenvalue weighted by molar-refractivity contribution is -0.129. The average Bonchev–Trinajstić information content (AvgIpc) is 3.37. The largest absolute Gasteiger partial charge is 0.493 e. The van der Waals surface area contributed by atoms with E-state index in [2.05, 4.69) is 27.1 Å². The highest BCUT2D eigenvalue weighted by Crippen LogP contribution is 2.38. The van der Waals surface area contributed by atoms with Crippen molar-refractivity contribution < 1.29 is 28.3 Å². The number of rotatable bonds is 10. The van der Waals surface area contributed by atoms with E-state index in [1.165, 1.54) is 25.6 Å². The first-order valence-corrected chi connectivity index (χ1v) is 12.1. The van der Waals surface area contributed by atoms with Crippen molar-refractivity contribution in [2.75, 3.05) is 12.4 Å². The number of benzene rings is 2. The van der Waals surface area contributed by atoms with Gasteiger partial charge in [-0.05, 0) is 49.1 Å². The van der Waals surface area contributed by atoms with Crippen LogP contribution in [-0.4, -0.2) is 28.2 Å². The maximum absolute atomic E-state index is 13.6. The summed E-state index contributed by atoms with van der Waals surface area (Å²) in [4.78, 5) is 19.6. The minimum absolute atomic E-state index is 0.0112. The molecule has 0 saturated heterocycles. The van der Waals surface area contributed by atoms with E-state index in [1.807, 2.05) is 0 Å². The third-order valence-electron chi connectivity index (χ3n) is 5.44. The number of halogens is 2. The first-order valence-electron chi connectivity index (χ1n) is 11.7. The highest BCUT2D eigenvalue weighted by atomic mass is 35.5. The number of hydrogen-bond acceptors (Lipinski definition) is 8. The second-order valence-corrected chi connectivity index (χ2v) is 8.52. The molecule has 3 N–H and O–H groups in total. The SMILES string of the molecule is COc1cc2ncnc(Nc3ccc(F)c(Cl)c3)c2cc1Oc1ccc(C#CCCCCCC(=O)NO)o1. The van der Waals surface area contributed by atoms with Gasteiger partial charge in [-0.3, -0.25) is 10.0 Å². The Morgan fingerprint density at radius 2 is 2.00 bits per heavy atom. The number of carbonyl (C=O) groups excluding carboxylic acids is 1. The molecule has 1 amide bonds. The normalized spacial score (nSPS) is 10.5. The molecule has 0 saturated carbocycles. The van der Waals surface area contributed by atoms with Gasteiger partial charge in [0.1, 0.15) is 18.0 Å². The van der Waals surface area contributed by atoms with E-state index in [1.54, 1.807) is 35.8 Å². The first kappa shape index (κ1) is 26.7. The zero-order chi connectivity index (χ0) is 26.9. The molecule has 2 aromatic heterocycles. The number of anilines is 2. The Balaban J connectivity index is 1.46. The van der Waals surface area contributed by atoms with Gasteiger partial charge in [-0.15, -0.1) is 0 Å². The van der Waals surface area contributed by atoms with Crippen LogP contribution in [0.2, 0.25) is 5.02 Å². The van der Waals surface area contributed by atoms with Crippen molar-refractivity contribution in [1.29, 1.82) is 0 Å². The van der Waals surface area contributed by atoms with Crippen LogP contribution in [0.3, 0.4) is 0 Å². The minimum Gasteiger partial charge on any atom is -0.493 e. The van der Waals surface area contributed by atoms with Crippen molar-refractivity contribution in [2.45, 2.75) is 32.1 Å². The van der Waals surface area contributed by atoms with Gasteiger partial charge in [0.15, 0.2) is 17.3 Å². The van der Waals surface area contributed by atoms with E-state index in [9.17, 15) is 9.18 Å². The standard InChI is InChI=1S/C27H24ClFN4O5/c1-36-23-15-22-19(27(31-16-30-22)32-17-9-11-21(29)20(28)13-17)14-24(23)38-26-12-10-18(37-26)7-5-3-2-4-6-8-25(34)33-35/h9-16,35H,2-4,6,8H2,1H3,(H,33,34)(H,30,31,32). The van der Waals surface area contributed by atoms with Crippen molar-refractivity contribution in [1.82, 2.24) is 15.4 Å². The summed E-state index contributed by atoms with van der Waals surface area (Å²) in [6, 6.07) is 11.1. The molecule has 0 fully saturated rings. The molecular weight excluding hydrogens is 515 g/mol. The van der Waals surface area contributed by atoms with Crippen molar-refractivity contribution in [3.05, 3.63) is 65.4 Å². The Morgan fingerprint density at radius 1 is 1.13 bits per heavy atom. The van der Waals surface area contributed by atoms with Crippen LogP contribution in [-0.2, 0) is 4.79 Å². The van der Waals surface area contributed by atoms with Crippen LogP contribution in [0.5, 0.6) is 17.4 Å². The molecule has 9 nitrogen and oxygen atoms in total. The van der Waals surface area contributed by atoms with E-state index < -0.39 is 5.82 Å². The Hall–Kier alpha value is -4.33. The lowest BCUT2D eigenvalue weighted by Crippen LogP contribution is -2.17. The molecular formula is C27H24ClFN4O5. The molecule has 4 rings (SSSR count). The number of carbonyl (C=O) groups is 1. The van der Waals surface area contributed by atoms with Crippen molar-refractivity contribution >= 4 is 39.9 Å². The Morgan fingerprint density at radius 3 is 2.79 bits per heavy atom. The molecule has 0 aliphatic carbocycles. The third-order valence-corrected chi connectivity index (χ3v) is 5.73. The van der Waals surface area contributed by atoms with Crippen LogP contribution in [0.4, 0.5) is 15.9 Å². The lowest BCUT2D eigenvalue weighted by atomic mass is 10.1. The predicted molar refractivity (Wildman–Crippen MR) is 139 cm³/mol. The number of furan rings is 1. The fourth-order valence-electron chi connectivity index (χ4n) is 3.55. The van der Waals surface area contributed by atoms with Crippen LogP contribution in [0.15, 0.2) is 53.2 Å². The molecule has 0 bridgehead atoms. The number of hydroxylamine groups is 1. The van der Waals surface area contributed by atoms with E-state index in [-0.39, 0.29) is 23.3 Å². The van der Waals surface area contributed by atoms with Gasteiger partial charge in [0.2, 0.25) is 5.91 Å². The fourth-order valence-corrected chi connectivity index (χ4v) is 3.73. The fraction of sp³-hybridized carbons (Fsp3) is 0.222. The van der Waals surface area contributed by atoms with Crippen LogP contribution >= 0.6 is 11.6 Å². The molecule has 0 aliphatic heterocycles. The highest BCUT2D eigenvalue weighted by molar-refractivity contribution is 6.31. The number of amides is 1. The quantitative estimate of drug-likeness (QED) is 0.0922. The van der Waals surface area contributed by atoms with Gasteiger partial charge >= 0.3 is 0 Å². The summed E-state index contributed by atoms with van der Waals surface area (Å²) in [6.07, 6.45) is 4.66. The number of nitrogens with one attached hydrogen (secondary N) is 2. The second-order valence-electron chi connectivity index (χ2n) is 8.11. The van der Waals surface area contributed by atoms with Crippen molar-refractivity contribution in [3.63, 3.8) is 0 Å². The number of ether oxygens (including phenoxy) is 2. The molecule has 0 spiro atoms. The number of methoxy groups -OCH3 is 1. The monoisotopic (exact) mass is 538 g/mol. The second kappa shape index (κ2) is 12.8. The minimum atomic E-state index is -0.516. The third kappa shape index (κ3) is 6.91. The van der Waals surface area contributed by atoms with Gasteiger partial charge in [-0.2, -0.15) is 0 Å². The number of unbranched alkanes of at least 4 members (excludes halogenated alkanes) is 3. The zero-order valence-electron chi connectivity index (χ0n) is 20.4. The summed E-state index contributed by atoms with van der Waals surface area (Å²) in [5.74, 6) is 7.02. The Labute approximate surface area is 222 Å². The lowest BCUT2D eigenvalue weighted by Gasteiger charge is -2.13. The first-order chi connectivity index (χ1) is 18.5. The van der Waals surface area contributed by atoms with Gasteiger partial charge in [-0.25, -0.2) is 19.8 Å². The summed E-state index contributed by atoms with van der Waals surface area (Å²) < 4.78 is 30.7. The predicted octanol–water partition coefficient (Wildman–Crippen LogP) is 6.37. The van der Waals surface area contributed by atoms with Gasteiger partial charge in [0.25, 0.3) is 5.95 Å². The molecule has 0 atom stereocenters. The molecule has 0 aliphatic rings. The summed E-state index contributed by atoms with van der Waals surface area (Å²) in [5, 5.41) is 12.2. The summed E-state index contributed by atoms with van der Waals surface area (Å²) >= 11 is 5.91. The van der Waals surface area contributed by atoms with Gasteiger partial charge in [-0.1, -0.05) is 23.9 Å².